The Labute approximate surface area is 177 Å². The van der Waals surface area contributed by atoms with Crippen molar-refractivity contribution in [1.29, 1.82) is 0 Å². The summed E-state index contributed by atoms with van der Waals surface area (Å²) in [6.07, 6.45) is 9.00. The number of para-hydroxylation sites is 1. The molecular formula is C23H30N4OS. The average molecular weight is 411 g/mol. The topological polar surface area (TPSA) is 51.0 Å². The maximum absolute atomic E-state index is 13.3. The number of fused-ring (bicyclic) bond motifs is 1. The van der Waals surface area contributed by atoms with Crippen molar-refractivity contribution in [2.24, 2.45) is 0 Å². The maximum atomic E-state index is 13.3. The second-order valence-electron chi connectivity index (χ2n) is 8.23. The Morgan fingerprint density at radius 2 is 2.03 bits per heavy atom. The lowest BCUT2D eigenvalue weighted by atomic mass is 9.89. The van der Waals surface area contributed by atoms with Crippen LogP contribution in [0, 0.1) is 0 Å². The van der Waals surface area contributed by atoms with Crippen LogP contribution in [0.3, 0.4) is 0 Å². The molecule has 0 spiro atoms. The van der Waals surface area contributed by atoms with E-state index in [2.05, 4.69) is 40.4 Å². The van der Waals surface area contributed by atoms with Gasteiger partial charge in [-0.25, -0.2) is 0 Å². The number of hydrogen-bond acceptors (Lipinski definition) is 4. The fourth-order valence-electron chi connectivity index (χ4n) is 4.66. The number of benzene rings is 1. The van der Waals surface area contributed by atoms with Gasteiger partial charge in [-0.3, -0.25) is 4.79 Å². The fraction of sp³-hybridized carbons (Fsp3) is 0.522. The molecule has 1 amide bonds. The monoisotopic (exact) mass is 410 g/mol. The first kappa shape index (κ1) is 20.2. The molecule has 154 valence electrons. The van der Waals surface area contributed by atoms with Gasteiger partial charge in [-0.1, -0.05) is 55.3 Å². The van der Waals surface area contributed by atoms with Gasteiger partial charge in [0.15, 0.2) is 5.16 Å². The molecule has 0 radical (unpaired) electrons. The summed E-state index contributed by atoms with van der Waals surface area (Å²) in [7, 11) is 0. The molecular weight excluding hydrogens is 380 g/mol. The van der Waals surface area contributed by atoms with Crippen LogP contribution in [0.5, 0.6) is 0 Å². The van der Waals surface area contributed by atoms with Gasteiger partial charge in [-0.15, -0.1) is 16.8 Å². The number of carbonyl (C=O) groups excluding carboxylic acids is 1. The molecule has 0 N–H and O–H groups in total. The molecule has 1 aromatic heterocycles. The van der Waals surface area contributed by atoms with Gasteiger partial charge in [-0.05, 0) is 44.7 Å². The summed E-state index contributed by atoms with van der Waals surface area (Å²) in [6, 6.07) is 8.41. The lowest BCUT2D eigenvalue weighted by Gasteiger charge is -2.26. The highest BCUT2D eigenvalue weighted by Gasteiger charge is 2.34. The van der Waals surface area contributed by atoms with Crippen LogP contribution in [0.15, 0.2) is 42.1 Å². The molecule has 1 saturated carbocycles. The van der Waals surface area contributed by atoms with Gasteiger partial charge in [0, 0.05) is 24.2 Å². The Kier molecular flexibility index (Phi) is 6.09. The largest absolute Gasteiger partial charge is 0.308 e. The van der Waals surface area contributed by atoms with E-state index in [0.717, 1.165) is 23.1 Å². The molecule has 1 aliphatic heterocycles. The van der Waals surface area contributed by atoms with Crippen LogP contribution in [0.1, 0.15) is 63.3 Å². The van der Waals surface area contributed by atoms with E-state index in [1.54, 1.807) is 0 Å². The standard InChI is InChI=1S/C23H30N4OS/c1-4-14-26-21(18-10-6-5-7-11-18)24-25-23(26)29-17(3)22(28)27-16(2)15-19-12-8-9-13-20(19)27/h4,8-9,12-13,16-18H,1,5-7,10-11,14-15H2,2-3H3/t16-,17-/m1/s1. The molecule has 2 aliphatic rings. The highest BCUT2D eigenvalue weighted by Crippen LogP contribution is 2.36. The van der Waals surface area contributed by atoms with Crippen molar-refractivity contribution in [3.8, 4) is 0 Å². The highest BCUT2D eigenvalue weighted by molar-refractivity contribution is 8.00. The van der Waals surface area contributed by atoms with Crippen LogP contribution >= 0.6 is 11.8 Å². The smallest absolute Gasteiger partial charge is 0.240 e. The summed E-state index contributed by atoms with van der Waals surface area (Å²) in [6.45, 7) is 8.70. The van der Waals surface area contributed by atoms with E-state index in [9.17, 15) is 4.79 Å². The second-order valence-corrected chi connectivity index (χ2v) is 9.53. The Morgan fingerprint density at radius 1 is 1.28 bits per heavy atom. The zero-order valence-corrected chi connectivity index (χ0v) is 18.2. The van der Waals surface area contributed by atoms with E-state index in [-0.39, 0.29) is 17.2 Å². The Morgan fingerprint density at radius 3 is 2.79 bits per heavy atom. The zero-order chi connectivity index (χ0) is 20.4. The molecule has 2 aromatic rings. The van der Waals surface area contributed by atoms with Gasteiger partial charge < -0.3 is 9.47 Å². The number of anilines is 1. The van der Waals surface area contributed by atoms with Crippen molar-refractivity contribution >= 4 is 23.4 Å². The number of hydrogen-bond donors (Lipinski definition) is 0. The van der Waals surface area contributed by atoms with Crippen molar-refractivity contribution in [3.63, 3.8) is 0 Å². The average Bonchev–Trinajstić information content (AvgIpc) is 3.28. The number of aromatic nitrogens is 3. The van der Waals surface area contributed by atoms with Crippen LogP contribution in [-0.2, 0) is 17.8 Å². The third-order valence-corrected chi connectivity index (χ3v) is 7.17. The number of thioether (sulfide) groups is 1. The summed E-state index contributed by atoms with van der Waals surface area (Å²) in [5, 5.41) is 9.62. The van der Waals surface area contributed by atoms with Crippen LogP contribution < -0.4 is 4.90 Å². The number of amides is 1. The molecule has 0 saturated heterocycles. The Bertz CT molecular complexity index is 887. The van der Waals surface area contributed by atoms with Crippen LogP contribution in [0.4, 0.5) is 5.69 Å². The zero-order valence-electron chi connectivity index (χ0n) is 17.4. The molecule has 5 nitrogen and oxygen atoms in total. The van der Waals surface area contributed by atoms with Crippen molar-refractivity contribution in [2.75, 3.05) is 4.90 Å². The predicted octanol–water partition coefficient (Wildman–Crippen LogP) is 4.97. The number of carbonyl (C=O) groups is 1. The first-order valence-electron chi connectivity index (χ1n) is 10.7. The summed E-state index contributed by atoms with van der Waals surface area (Å²) in [5.74, 6) is 1.67. The lowest BCUT2D eigenvalue weighted by molar-refractivity contribution is -0.118. The quantitative estimate of drug-likeness (QED) is 0.498. The molecule has 0 bridgehead atoms. The van der Waals surface area contributed by atoms with Crippen molar-refractivity contribution in [3.05, 3.63) is 48.3 Å². The molecule has 6 heteroatoms. The lowest BCUT2D eigenvalue weighted by Crippen LogP contribution is -2.40. The Balaban J connectivity index is 1.53. The van der Waals surface area contributed by atoms with Gasteiger partial charge in [0.1, 0.15) is 5.82 Å². The predicted molar refractivity (Wildman–Crippen MR) is 118 cm³/mol. The van der Waals surface area contributed by atoms with E-state index in [4.69, 9.17) is 0 Å². The van der Waals surface area contributed by atoms with E-state index in [1.807, 2.05) is 30.0 Å². The maximum Gasteiger partial charge on any atom is 0.240 e. The fourth-order valence-corrected chi connectivity index (χ4v) is 5.57. The second kappa shape index (κ2) is 8.74. The van der Waals surface area contributed by atoms with Crippen molar-refractivity contribution < 1.29 is 4.79 Å². The van der Waals surface area contributed by atoms with E-state index in [1.165, 1.54) is 49.4 Å². The minimum absolute atomic E-state index is 0.139. The van der Waals surface area contributed by atoms with Gasteiger partial charge >= 0.3 is 0 Å². The highest BCUT2D eigenvalue weighted by atomic mass is 32.2. The van der Waals surface area contributed by atoms with Gasteiger partial charge in [0.2, 0.25) is 5.91 Å². The van der Waals surface area contributed by atoms with E-state index < -0.39 is 0 Å². The van der Waals surface area contributed by atoms with E-state index >= 15 is 0 Å². The minimum Gasteiger partial charge on any atom is -0.308 e. The van der Waals surface area contributed by atoms with Gasteiger partial charge in [0.05, 0.1) is 5.25 Å². The number of allylic oxidation sites excluding steroid dienone is 1. The minimum atomic E-state index is -0.226. The summed E-state index contributed by atoms with van der Waals surface area (Å²) >= 11 is 1.52. The van der Waals surface area contributed by atoms with Crippen molar-refractivity contribution in [2.45, 2.75) is 81.3 Å². The van der Waals surface area contributed by atoms with Crippen LogP contribution in [-0.4, -0.2) is 32.0 Å². The molecule has 1 aromatic carbocycles. The third kappa shape index (κ3) is 4.00. The summed E-state index contributed by atoms with van der Waals surface area (Å²) < 4.78 is 2.17. The molecule has 1 aliphatic carbocycles. The molecule has 2 atom stereocenters. The molecule has 2 heterocycles. The SMILES string of the molecule is C=CCn1c(S[C@H](C)C(=O)N2c3ccccc3C[C@H]2C)nnc1C1CCCCC1. The summed E-state index contributed by atoms with van der Waals surface area (Å²) in [5.41, 5.74) is 2.30. The number of nitrogens with zero attached hydrogens (tertiary/aromatic N) is 4. The normalized spacial score (nSPS) is 20.5. The molecule has 0 unspecified atom stereocenters. The first-order chi connectivity index (χ1) is 14.1. The molecule has 29 heavy (non-hydrogen) atoms. The van der Waals surface area contributed by atoms with Crippen LogP contribution in [0.25, 0.3) is 0 Å². The number of rotatable bonds is 6. The molecule has 1 fully saturated rings. The van der Waals surface area contributed by atoms with Gasteiger partial charge in [0.25, 0.3) is 0 Å². The molecule has 4 rings (SSSR count). The van der Waals surface area contributed by atoms with E-state index in [0.29, 0.717) is 12.5 Å². The van der Waals surface area contributed by atoms with Crippen molar-refractivity contribution in [1.82, 2.24) is 14.8 Å². The third-order valence-electron chi connectivity index (χ3n) is 6.10. The van der Waals surface area contributed by atoms with Crippen LogP contribution in [0.2, 0.25) is 0 Å². The Hall–Kier alpha value is -2.08. The first-order valence-corrected chi connectivity index (χ1v) is 11.6. The van der Waals surface area contributed by atoms with Gasteiger partial charge in [-0.2, -0.15) is 0 Å². The summed E-state index contributed by atoms with van der Waals surface area (Å²) in [4.78, 5) is 15.3.